The number of hydrogen-bond donors (Lipinski definition) is 1. The van der Waals surface area contributed by atoms with Crippen LogP contribution in [0.15, 0.2) is 24.3 Å². The number of hydrogen-bond acceptors (Lipinski definition) is 3. The number of alkyl halides is 3. The number of morpholine rings is 1. The Morgan fingerprint density at radius 1 is 1.28 bits per heavy atom. The average Bonchev–Trinajstić information content (AvgIpc) is 2.29. The molecule has 102 valence electrons. The monoisotopic (exact) mass is 283 g/mol. The van der Waals surface area contributed by atoms with E-state index in [1.54, 1.807) is 12.1 Å². The molecule has 1 fully saturated rings. The van der Waals surface area contributed by atoms with E-state index in [0.29, 0.717) is 25.3 Å². The first-order valence-electron chi connectivity index (χ1n) is 5.22. The van der Waals surface area contributed by atoms with Gasteiger partial charge in [0.25, 0.3) is 0 Å². The summed E-state index contributed by atoms with van der Waals surface area (Å²) in [5.74, 6) is -0.178. The lowest BCUT2D eigenvalue weighted by Crippen LogP contribution is -2.35. The van der Waals surface area contributed by atoms with Gasteiger partial charge in [0, 0.05) is 12.1 Å². The van der Waals surface area contributed by atoms with Crippen LogP contribution in [-0.4, -0.2) is 26.1 Å². The molecular formula is C11H13ClF3NO2. The number of rotatable bonds is 2. The van der Waals surface area contributed by atoms with Gasteiger partial charge in [-0.05, 0) is 6.07 Å². The van der Waals surface area contributed by atoms with Gasteiger partial charge in [-0.25, -0.2) is 0 Å². The van der Waals surface area contributed by atoms with E-state index in [1.807, 2.05) is 0 Å². The number of nitrogens with one attached hydrogen (secondary N) is 1. The van der Waals surface area contributed by atoms with Crippen molar-refractivity contribution in [1.29, 1.82) is 0 Å². The van der Waals surface area contributed by atoms with Crippen molar-refractivity contribution >= 4 is 12.4 Å². The molecule has 0 amide bonds. The Labute approximate surface area is 109 Å². The predicted octanol–water partition coefficient (Wildman–Crippen LogP) is 2.67. The Hall–Kier alpha value is -0.980. The van der Waals surface area contributed by atoms with E-state index < -0.39 is 6.36 Å². The summed E-state index contributed by atoms with van der Waals surface area (Å²) in [6.45, 7) is 1.53. The Bertz CT molecular complexity index is 381. The second kappa shape index (κ2) is 6.26. The summed E-state index contributed by atoms with van der Waals surface area (Å²) in [5.41, 5.74) is 0.463. The van der Waals surface area contributed by atoms with Gasteiger partial charge in [-0.15, -0.1) is 25.6 Å². The van der Waals surface area contributed by atoms with Gasteiger partial charge in [-0.2, -0.15) is 0 Å². The van der Waals surface area contributed by atoms with Gasteiger partial charge in [0.05, 0.1) is 19.3 Å². The average molecular weight is 284 g/mol. The van der Waals surface area contributed by atoms with Crippen molar-refractivity contribution in [3.8, 4) is 5.75 Å². The first-order valence-corrected chi connectivity index (χ1v) is 5.22. The maximum Gasteiger partial charge on any atom is 0.573 e. The third-order valence-electron chi connectivity index (χ3n) is 2.44. The molecule has 0 aliphatic carbocycles. The highest BCUT2D eigenvalue weighted by atomic mass is 35.5. The molecule has 0 unspecified atom stereocenters. The van der Waals surface area contributed by atoms with Crippen LogP contribution in [0.2, 0.25) is 0 Å². The quantitative estimate of drug-likeness (QED) is 0.905. The highest BCUT2D eigenvalue weighted by Gasteiger charge is 2.33. The van der Waals surface area contributed by atoms with Crippen molar-refractivity contribution in [3.63, 3.8) is 0 Å². The minimum atomic E-state index is -4.67. The van der Waals surface area contributed by atoms with Gasteiger partial charge in [-0.1, -0.05) is 18.2 Å². The molecular weight excluding hydrogens is 271 g/mol. The summed E-state index contributed by atoms with van der Waals surface area (Å²) in [5, 5.41) is 3.09. The lowest BCUT2D eigenvalue weighted by molar-refractivity contribution is -0.275. The van der Waals surface area contributed by atoms with Gasteiger partial charge < -0.3 is 14.8 Å². The molecule has 1 N–H and O–H groups in total. The molecule has 7 heteroatoms. The number of benzene rings is 1. The van der Waals surface area contributed by atoms with E-state index in [2.05, 4.69) is 10.1 Å². The van der Waals surface area contributed by atoms with Crippen molar-refractivity contribution in [1.82, 2.24) is 5.32 Å². The summed E-state index contributed by atoms with van der Waals surface area (Å²) in [7, 11) is 0. The van der Waals surface area contributed by atoms with Crippen molar-refractivity contribution < 1.29 is 22.6 Å². The Morgan fingerprint density at radius 2 is 2.00 bits per heavy atom. The molecule has 1 aliphatic heterocycles. The minimum Gasteiger partial charge on any atom is -0.405 e. The van der Waals surface area contributed by atoms with E-state index in [4.69, 9.17) is 4.74 Å². The topological polar surface area (TPSA) is 30.5 Å². The molecule has 2 rings (SSSR count). The van der Waals surface area contributed by atoms with Crippen molar-refractivity contribution in [2.75, 3.05) is 19.8 Å². The van der Waals surface area contributed by atoms with Crippen LogP contribution >= 0.6 is 12.4 Å². The summed E-state index contributed by atoms with van der Waals surface area (Å²) >= 11 is 0. The van der Waals surface area contributed by atoms with E-state index in [0.717, 1.165) is 0 Å². The van der Waals surface area contributed by atoms with Crippen LogP contribution in [0.4, 0.5) is 13.2 Å². The third kappa shape index (κ3) is 4.04. The molecule has 1 saturated heterocycles. The van der Waals surface area contributed by atoms with Crippen molar-refractivity contribution in [2.45, 2.75) is 12.4 Å². The summed E-state index contributed by atoms with van der Waals surface area (Å²) in [6.07, 6.45) is -4.67. The highest BCUT2D eigenvalue weighted by molar-refractivity contribution is 5.85. The molecule has 1 aromatic rings. The zero-order valence-corrected chi connectivity index (χ0v) is 10.2. The van der Waals surface area contributed by atoms with Crippen LogP contribution < -0.4 is 10.1 Å². The Kier molecular flexibility index (Phi) is 5.25. The Balaban J connectivity index is 0.00000162. The largest absolute Gasteiger partial charge is 0.573 e. The predicted molar refractivity (Wildman–Crippen MR) is 61.9 cm³/mol. The van der Waals surface area contributed by atoms with Gasteiger partial charge in [0.1, 0.15) is 5.75 Å². The highest BCUT2D eigenvalue weighted by Crippen LogP contribution is 2.30. The molecule has 0 aromatic heterocycles. The lowest BCUT2D eigenvalue weighted by Gasteiger charge is -2.26. The second-order valence-electron chi connectivity index (χ2n) is 3.67. The van der Waals surface area contributed by atoms with Crippen LogP contribution in [0, 0.1) is 0 Å². The van der Waals surface area contributed by atoms with Gasteiger partial charge in [0.15, 0.2) is 0 Å². The Morgan fingerprint density at radius 3 is 2.61 bits per heavy atom. The molecule has 0 spiro atoms. The zero-order chi connectivity index (χ0) is 12.3. The maximum atomic E-state index is 12.2. The normalized spacial score (nSPS) is 20.1. The fourth-order valence-corrected chi connectivity index (χ4v) is 1.75. The van der Waals surface area contributed by atoms with Crippen molar-refractivity contribution in [3.05, 3.63) is 29.8 Å². The van der Waals surface area contributed by atoms with E-state index >= 15 is 0 Å². The van der Waals surface area contributed by atoms with Gasteiger partial charge >= 0.3 is 6.36 Å². The van der Waals surface area contributed by atoms with Crippen LogP contribution in [0.1, 0.15) is 11.6 Å². The molecule has 0 bridgehead atoms. The summed E-state index contributed by atoms with van der Waals surface area (Å²) in [6, 6.07) is 5.83. The number of halogens is 4. The van der Waals surface area contributed by atoms with Crippen LogP contribution in [0.25, 0.3) is 0 Å². The smallest absolute Gasteiger partial charge is 0.405 e. The SMILES string of the molecule is Cl.FC(F)(F)Oc1ccccc1[C@@H]1COCCN1. The number of para-hydroxylation sites is 1. The second-order valence-corrected chi connectivity index (χ2v) is 3.67. The first kappa shape index (κ1) is 15.1. The van der Waals surface area contributed by atoms with E-state index in [-0.39, 0.29) is 24.2 Å². The van der Waals surface area contributed by atoms with Gasteiger partial charge in [0.2, 0.25) is 0 Å². The third-order valence-corrected chi connectivity index (χ3v) is 2.44. The molecule has 0 saturated carbocycles. The summed E-state index contributed by atoms with van der Waals surface area (Å²) < 4.78 is 45.9. The number of ether oxygens (including phenoxy) is 2. The molecule has 1 aromatic carbocycles. The molecule has 18 heavy (non-hydrogen) atoms. The standard InChI is InChI=1S/C11H12F3NO2.ClH/c12-11(13,14)17-10-4-2-1-3-8(10)9-7-16-6-5-15-9;/h1-4,9,15H,5-7H2;1H/t9-;/m0./s1. The molecule has 1 heterocycles. The molecule has 1 aliphatic rings. The zero-order valence-electron chi connectivity index (χ0n) is 9.37. The minimum absolute atomic E-state index is 0. The summed E-state index contributed by atoms with van der Waals surface area (Å²) in [4.78, 5) is 0. The fourth-order valence-electron chi connectivity index (χ4n) is 1.75. The molecule has 3 nitrogen and oxygen atoms in total. The van der Waals surface area contributed by atoms with E-state index in [9.17, 15) is 13.2 Å². The van der Waals surface area contributed by atoms with Crippen LogP contribution in [-0.2, 0) is 4.74 Å². The fraction of sp³-hybridized carbons (Fsp3) is 0.455. The van der Waals surface area contributed by atoms with Crippen LogP contribution in [0.3, 0.4) is 0 Å². The first-order chi connectivity index (χ1) is 8.06. The van der Waals surface area contributed by atoms with Gasteiger partial charge in [-0.3, -0.25) is 0 Å². The molecule has 0 radical (unpaired) electrons. The van der Waals surface area contributed by atoms with E-state index in [1.165, 1.54) is 12.1 Å². The maximum absolute atomic E-state index is 12.2. The molecule has 1 atom stereocenters. The van der Waals surface area contributed by atoms with Crippen LogP contribution in [0.5, 0.6) is 5.75 Å². The lowest BCUT2D eigenvalue weighted by atomic mass is 10.1. The van der Waals surface area contributed by atoms with Crippen molar-refractivity contribution in [2.24, 2.45) is 0 Å².